The number of rotatable bonds is 6. The van der Waals surface area contributed by atoms with Crippen molar-refractivity contribution in [2.45, 2.75) is 6.92 Å². The first-order valence-electron chi connectivity index (χ1n) is 7.46. The molecule has 0 saturated heterocycles. The van der Waals surface area contributed by atoms with Crippen molar-refractivity contribution in [3.8, 4) is 0 Å². The Kier molecular flexibility index (Phi) is 6.35. The second-order valence-corrected chi connectivity index (χ2v) is 5.68. The van der Waals surface area contributed by atoms with E-state index in [4.69, 9.17) is 16.3 Å². The summed E-state index contributed by atoms with van der Waals surface area (Å²) < 4.78 is 4.88. The topological polar surface area (TPSA) is 67.4 Å². The lowest BCUT2D eigenvalue weighted by atomic mass is 10.1. The van der Waals surface area contributed by atoms with Crippen LogP contribution in [0.4, 0.5) is 5.69 Å². The Morgan fingerprint density at radius 1 is 1.04 bits per heavy atom. The van der Waals surface area contributed by atoms with Crippen LogP contribution in [0.1, 0.15) is 26.3 Å². The van der Waals surface area contributed by atoms with Crippen molar-refractivity contribution < 1.29 is 14.3 Å². The third-order valence-corrected chi connectivity index (χ3v) is 3.68. The minimum Gasteiger partial charge on any atom is -0.383 e. The zero-order chi connectivity index (χ0) is 17.5. The Labute approximate surface area is 146 Å². The predicted molar refractivity (Wildman–Crippen MR) is 94.8 cm³/mol. The number of amides is 2. The molecule has 0 radical (unpaired) electrons. The van der Waals surface area contributed by atoms with E-state index in [-0.39, 0.29) is 11.8 Å². The van der Waals surface area contributed by atoms with Crippen LogP contribution in [0.15, 0.2) is 42.5 Å². The Balaban J connectivity index is 2.03. The second-order valence-electron chi connectivity index (χ2n) is 5.24. The smallest absolute Gasteiger partial charge is 0.255 e. The van der Waals surface area contributed by atoms with Gasteiger partial charge in [0.05, 0.1) is 6.61 Å². The lowest BCUT2D eigenvalue weighted by Gasteiger charge is -2.09. The molecule has 0 unspecified atom stereocenters. The van der Waals surface area contributed by atoms with Gasteiger partial charge in [-0.15, -0.1) is 0 Å². The van der Waals surface area contributed by atoms with Gasteiger partial charge in [0, 0.05) is 35.5 Å². The third-order valence-electron chi connectivity index (χ3n) is 3.45. The van der Waals surface area contributed by atoms with E-state index in [0.717, 1.165) is 5.56 Å². The minimum atomic E-state index is -0.258. The fraction of sp³-hybridized carbons (Fsp3) is 0.222. The highest BCUT2D eigenvalue weighted by molar-refractivity contribution is 6.31. The van der Waals surface area contributed by atoms with Crippen molar-refractivity contribution in [3.63, 3.8) is 0 Å². The van der Waals surface area contributed by atoms with Gasteiger partial charge in [0.2, 0.25) is 0 Å². The third kappa shape index (κ3) is 4.81. The first-order valence-corrected chi connectivity index (χ1v) is 7.84. The van der Waals surface area contributed by atoms with E-state index in [1.165, 1.54) is 0 Å². The monoisotopic (exact) mass is 346 g/mol. The number of halogens is 1. The van der Waals surface area contributed by atoms with Gasteiger partial charge in [-0.2, -0.15) is 0 Å². The fourth-order valence-corrected chi connectivity index (χ4v) is 2.24. The molecule has 0 atom stereocenters. The molecule has 2 aromatic carbocycles. The van der Waals surface area contributed by atoms with Crippen LogP contribution in [0.25, 0.3) is 0 Å². The number of hydrogen-bond donors (Lipinski definition) is 2. The summed E-state index contributed by atoms with van der Waals surface area (Å²) in [5.41, 5.74) is 2.53. The molecule has 0 aromatic heterocycles. The number of methoxy groups -OCH3 is 1. The summed E-state index contributed by atoms with van der Waals surface area (Å²) >= 11 is 5.95. The highest BCUT2D eigenvalue weighted by Gasteiger charge is 2.10. The number of carbonyl (C=O) groups is 2. The van der Waals surface area contributed by atoms with Gasteiger partial charge in [-0.3, -0.25) is 9.59 Å². The highest BCUT2D eigenvalue weighted by atomic mass is 35.5. The molecule has 0 spiro atoms. The molecule has 0 aliphatic carbocycles. The molecule has 2 rings (SSSR count). The number of anilines is 1. The number of benzene rings is 2. The van der Waals surface area contributed by atoms with E-state index in [0.29, 0.717) is 35.0 Å². The van der Waals surface area contributed by atoms with Crippen molar-refractivity contribution in [3.05, 3.63) is 64.2 Å². The fourth-order valence-electron chi connectivity index (χ4n) is 2.07. The lowest BCUT2D eigenvalue weighted by molar-refractivity contribution is 0.0935. The Morgan fingerprint density at radius 3 is 2.29 bits per heavy atom. The molecule has 0 aliphatic rings. The number of nitrogens with one attached hydrogen (secondary N) is 2. The maximum absolute atomic E-state index is 12.3. The van der Waals surface area contributed by atoms with Crippen molar-refractivity contribution in [1.29, 1.82) is 0 Å². The van der Waals surface area contributed by atoms with E-state index < -0.39 is 0 Å². The predicted octanol–water partition coefficient (Wildman–Crippen LogP) is 3.28. The Bertz CT molecular complexity index is 730. The molecule has 0 bridgehead atoms. The summed E-state index contributed by atoms with van der Waals surface area (Å²) in [5.74, 6) is -0.462. The van der Waals surface area contributed by atoms with Crippen LogP contribution >= 0.6 is 11.6 Å². The zero-order valence-corrected chi connectivity index (χ0v) is 14.3. The van der Waals surface area contributed by atoms with Crippen LogP contribution in [0.5, 0.6) is 0 Å². The van der Waals surface area contributed by atoms with Crippen LogP contribution < -0.4 is 10.6 Å². The van der Waals surface area contributed by atoms with Crippen LogP contribution in [0, 0.1) is 6.92 Å². The first kappa shape index (κ1) is 18.0. The minimum absolute atomic E-state index is 0.204. The molecule has 6 heteroatoms. The van der Waals surface area contributed by atoms with Gasteiger partial charge in [-0.25, -0.2) is 0 Å². The Morgan fingerprint density at radius 2 is 1.67 bits per heavy atom. The molecule has 0 fully saturated rings. The molecular weight excluding hydrogens is 328 g/mol. The van der Waals surface area contributed by atoms with E-state index in [9.17, 15) is 9.59 Å². The number of carbonyl (C=O) groups excluding carboxylic acids is 2. The normalized spacial score (nSPS) is 10.3. The van der Waals surface area contributed by atoms with Crippen molar-refractivity contribution in [2.75, 3.05) is 25.6 Å². The number of ether oxygens (including phenoxy) is 1. The van der Waals surface area contributed by atoms with Gasteiger partial charge < -0.3 is 15.4 Å². The molecule has 24 heavy (non-hydrogen) atoms. The maximum Gasteiger partial charge on any atom is 0.255 e. The van der Waals surface area contributed by atoms with Gasteiger partial charge in [-0.05, 0) is 48.9 Å². The molecule has 0 saturated carbocycles. The summed E-state index contributed by atoms with van der Waals surface area (Å²) in [4.78, 5) is 24.2. The summed E-state index contributed by atoms with van der Waals surface area (Å²) in [6.07, 6.45) is 0. The van der Waals surface area contributed by atoms with Crippen molar-refractivity contribution >= 4 is 29.1 Å². The molecule has 0 aliphatic heterocycles. The summed E-state index contributed by atoms with van der Waals surface area (Å²) in [6, 6.07) is 11.8. The average molecular weight is 347 g/mol. The van der Waals surface area contributed by atoms with Gasteiger partial charge in [0.1, 0.15) is 0 Å². The first-order chi connectivity index (χ1) is 11.5. The lowest BCUT2D eigenvalue weighted by Crippen LogP contribution is -2.27. The number of aryl methyl sites for hydroxylation is 1. The SMILES string of the molecule is COCCNC(=O)c1ccc(C(=O)Nc2cc(Cl)ccc2C)cc1. The summed E-state index contributed by atoms with van der Waals surface area (Å²) in [7, 11) is 1.57. The quantitative estimate of drug-likeness (QED) is 0.789. The molecule has 2 N–H and O–H groups in total. The molecule has 126 valence electrons. The number of hydrogen-bond acceptors (Lipinski definition) is 3. The standard InChI is InChI=1S/C18H19ClN2O3/c1-12-3-8-15(19)11-16(12)21-18(23)14-6-4-13(5-7-14)17(22)20-9-10-24-2/h3-8,11H,9-10H2,1-2H3,(H,20,22)(H,21,23). The van der Waals surface area contributed by atoms with E-state index >= 15 is 0 Å². The molecule has 5 nitrogen and oxygen atoms in total. The van der Waals surface area contributed by atoms with Gasteiger partial charge in [-0.1, -0.05) is 17.7 Å². The van der Waals surface area contributed by atoms with E-state index in [2.05, 4.69) is 10.6 Å². The zero-order valence-electron chi connectivity index (χ0n) is 13.6. The van der Waals surface area contributed by atoms with E-state index in [1.807, 2.05) is 13.0 Å². The molecule has 2 amide bonds. The largest absolute Gasteiger partial charge is 0.383 e. The molecule has 0 heterocycles. The summed E-state index contributed by atoms with van der Waals surface area (Å²) in [5, 5.41) is 6.09. The average Bonchev–Trinajstić information content (AvgIpc) is 2.58. The van der Waals surface area contributed by atoms with Crippen LogP contribution in [-0.4, -0.2) is 32.1 Å². The van der Waals surface area contributed by atoms with Crippen molar-refractivity contribution in [2.24, 2.45) is 0 Å². The van der Waals surface area contributed by atoms with E-state index in [1.54, 1.807) is 43.5 Å². The van der Waals surface area contributed by atoms with Crippen LogP contribution in [0.3, 0.4) is 0 Å². The van der Waals surface area contributed by atoms with Gasteiger partial charge >= 0.3 is 0 Å². The van der Waals surface area contributed by atoms with Crippen LogP contribution in [0.2, 0.25) is 5.02 Å². The Hall–Kier alpha value is -2.37. The summed E-state index contributed by atoms with van der Waals surface area (Å²) in [6.45, 7) is 2.77. The van der Waals surface area contributed by atoms with Gasteiger partial charge in [0.15, 0.2) is 0 Å². The molecular formula is C18H19ClN2O3. The molecule has 2 aromatic rings. The highest BCUT2D eigenvalue weighted by Crippen LogP contribution is 2.21. The van der Waals surface area contributed by atoms with Gasteiger partial charge in [0.25, 0.3) is 11.8 Å². The maximum atomic E-state index is 12.3. The second kappa shape index (κ2) is 8.47. The van der Waals surface area contributed by atoms with Crippen molar-refractivity contribution in [1.82, 2.24) is 5.32 Å². The van der Waals surface area contributed by atoms with Crippen LogP contribution in [-0.2, 0) is 4.74 Å².